The first kappa shape index (κ1) is 20.2. The molecular formula is C17H19ClN2O5S. The maximum Gasteiger partial charge on any atom is 0.307 e. The van der Waals surface area contributed by atoms with E-state index in [-0.39, 0.29) is 11.3 Å². The van der Waals surface area contributed by atoms with E-state index in [4.69, 9.17) is 16.3 Å². The summed E-state index contributed by atoms with van der Waals surface area (Å²) >= 11 is 5.71. The van der Waals surface area contributed by atoms with Gasteiger partial charge in [0.2, 0.25) is 0 Å². The van der Waals surface area contributed by atoms with Gasteiger partial charge < -0.3 is 10.1 Å². The second-order valence-corrected chi connectivity index (χ2v) is 8.68. The molecule has 1 aliphatic rings. The molecule has 0 saturated heterocycles. The number of nitriles is 1. The minimum Gasteiger partial charge on any atom is -0.456 e. The van der Waals surface area contributed by atoms with Gasteiger partial charge in [-0.2, -0.15) is 5.26 Å². The molecule has 0 spiro atoms. The molecule has 1 aromatic rings. The Kier molecular flexibility index (Phi) is 6.62. The molecule has 7 nitrogen and oxygen atoms in total. The quantitative estimate of drug-likeness (QED) is 0.702. The Morgan fingerprint density at radius 3 is 2.42 bits per heavy atom. The topological polar surface area (TPSA) is 113 Å². The molecule has 1 N–H and O–H groups in total. The van der Waals surface area contributed by atoms with Crippen molar-refractivity contribution in [3.63, 3.8) is 0 Å². The third-order valence-electron chi connectivity index (χ3n) is 4.16. The lowest BCUT2D eigenvalue weighted by molar-refractivity contribution is -0.148. The molecule has 0 atom stereocenters. The van der Waals surface area contributed by atoms with Crippen LogP contribution in [-0.2, 0) is 24.2 Å². The summed E-state index contributed by atoms with van der Waals surface area (Å²) in [6.45, 7) is -0.538. The largest absolute Gasteiger partial charge is 0.456 e. The van der Waals surface area contributed by atoms with Gasteiger partial charge in [-0.1, -0.05) is 11.6 Å². The Morgan fingerprint density at radius 1 is 1.23 bits per heavy atom. The van der Waals surface area contributed by atoms with Crippen LogP contribution in [0.5, 0.6) is 0 Å². The predicted molar refractivity (Wildman–Crippen MR) is 94.0 cm³/mol. The zero-order valence-electron chi connectivity index (χ0n) is 14.0. The minimum absolute atomic E-state index is 0.0599. The third kappa shape index (κ3) is 5.44. The Bertz CT molecular complexity index is 809. The molecular weight excluding hydrogens is 380 g/mol. The van der Waals surface area contributed by atoms with Gasteiger partial charge in [0.05, 0.1) is 23.1 Å². The molecule has 2 rings (SSSR count). The number of nitrogens with one attached hydrogen (secondary N) is 1. The van der Waals surface area contributed by atoms with Crippen molar-refractivity contribution in [1.82, 2.24) is 5.32 Å². The lowest BCUT2D eigenvalue weighted by atomic mass is 10.00. The number of ether oxygens (including phenoxy) is 1. The molecule has 1 fully saturated rings. The number of sulfone groups is 1. The summed E-state index contributed by atoms with van der Waals surface area (Å²) in [5.41, 5.74) is -0.887. The highest BCUT2D eigenvalue weighted by atomic mass is 35.5. The van der Waals surface area contributed by atoms with E-state index < -0.39 is 39.6 Å². The van der Waals surface area contributed by atoms with E-state index in [1.165, 1.54) is 24.3 Å². The van der Waals surface area contributed by atoms with Crippen LogP contribution in [0.2, 0.25) is 5.02 Å². The van der Waals surface area contributed by atoms with Crippen LogP contribution in [-0.4, -0.2) is 38.2 Å². The first-order valence-electron chi connectivity index (χ1n) is 8.13. The van der Waals surface area contributed by atoms with E-state index in [2.05, 4.69) is 11.4 Å². The highest BCUT2D eigenvalue weighted by Gasteiger charge is 2.35. The van der Waals surface area contributed by atoms with E-state index in [9.17, 15) is 23.3 Å². The van der Waals surface area contributed by atoms with Gasteiger partial charge in [-0.3, -0.25) is 9.59 Å². The van der Waals surface area contributed by atoms with Crippen molar-refractivity contribution in [3.8, 4) is 6.07 Å². The van der Waals surface area contributed by atoms with Gasteiger partial charge in [-0.25, -0.2) is 8.42 Å². The smallest absolute Gasteiger partial charge is 0.307 e. The lowest BCUT2D eigenvalue weighted by Crippen LogP contribution is -2.46. The van der Waals surface area contributed by atoms with Crippen molar-refractivity contribution in [2.75, 3.05) is 12.4 Å². The first-order valence-corrected chi connectivity index (χ1v) is 10.2. The van der Waals surface area contributed by atoms with Crippen LogP contribution in [0.15, 0.2) is 29.2 Å². The summed E-state index contributed by atoms with van der Waals surface area (Å²) in [6, 6.07) is 7.72. The fraction of sp³-hybridized carbons (Fsp3) is 0.471. The Labute approximate surface area is 157 Å². The summed E-state index contributed by atoms with van der Waals surface area (Å²) in [6.07, 6.45) is 2.49. The average Bonchev–Trinajstić information content (AvgIpc) is 3.07. The van der Waals surface area contributed by atoms with Crippen LogP contribution < -0.4 is 5.32 Å². The van der Waals surface area contributed by atoms with E-state index >= 15 is 0 Å². The second kappa shape index (κ2) is 8.52. The Balaban J connectivity index is 1.79. The number of hydrogen-bond acceptors (Lipinski definition) is 6. The molecule has 0 unspecified atom stereocenters. The monoisotopic (exact) mass is 398 g/mol. The molecule has 0 aromatic heterocycles. The van der Waals surface area contributed by atoms with Gasteiger partial charge in [0, 0.05) is 5.02 Å². The average molecular weight is 399 g/mol. The summed E-state index contributed by atoms with van der Waals surface area (Å²) in [7, 11) is -3.65. The van der Waals surface area contributed by atoms with Crippen LogP contribution >= 0.6 is 11.6 Å². The second-order valence-electron chi connectivity index (χ2n) is 6.13. The third-order valence-corrected chi connectivity index (χ3v) is 6.15. The summed E-state index contributed by atoms with van der Waals surface area (Å²) in [4.78, 5) is 23.6. The van der Waals surface area contributed by atoms with Crippen LogP contribution in [0, 0.1) is 11.3 Å². The van der Waals surface area contributed by atoms with Crippen LogP contribution in [0.25, 0.3) is 0 Å². The number of esters is 1. The van der Waals surface area contributed by atoms with Gasteiger partial charge >= 0.3 is 5.97 Å². The van der Waals surface area contributed by atoms with Gasteiger partial charge in [0.25, 0.3) is 5.91 Å². The molecule has 0 bridgehead atoms. The molecule has 1 aliphatic carbocycles. The molecule has 140 valence electrons. The molecule has 1 saturated carbocycles. The summed E-state index contributed by atoms with van der Waals surface area (Å²) in [5.74, 6) is -1.80. The molecule has 0 heterocycles. The fourth-order valence-corrected chi connectivity index (χ4v) is 4.09. The molecule has 26 heavy (non-hydrogen) atoms. The van der Waals surface area contributed by atoms with Crippen LogP contribution in [0.3, 0.4) is 0 Å². The van der Waals surface area contributed by atoms with Gasteiger partial charge in [0.15, 0.2) is 16.4 Å². The molecule has 0 radical (unpaired) electrons. The predicted octanol–water partition coefficient (Wildman–Crippen LogP) is 2.00. The Morgan fingerprint density at radius 2 is 1.85 bits per heavy atom. The number of amides is 1. The van der Waals surface area contributed by atoms with Crippen molar-refractivity contribution < 1.29 is 22.7 Å². The molecule has 0 aliphatic heterocycles. The number of carbonyl (C=O) groups excluding carboxylic acids is 2. The van der Waals surface area contributed by atoms with Crippen molar-refractivity contribution in [2.24, 2.45) is 0 Å². The van der Waals surface area contributed by atoms with Gasteiger partial charge in [0.1, 0.15) is 5.54 Å². The molecule has 1 aromatic carbocycles. The molecule has 9 heteroatoms. The first-order chi connectivity index (χ1) is 12.3. The highest BCUT2D eigenvalue weighted by molar-refractivity contribution is 7.91. The summed E-state index contributed by atoms with van der Waals surface area (Å²) < 4.78 is 29.1. The number of halogens is 1. The number of carbonyl (C=O) groups is 2. The zero-order chi connectivity index (χ0) is 19.2. The van der Waals surface area contributed by atoms with Gasteiger partial charge in [-0.15, -0.1) is 0 Å². The number of nitrogens with zero attached hydrogens (tertiary/aromatic N) is 1. The van der Waals surface area contributed by atoms with Gasteiger partial charge in [-0.05, 0) is 49.9 Å². The van der Waals surface area contributed by atoms with Crippen molar-refractivity contribution >= 4 is 33.3 Å². The van der Waals surface area contributed by atoms with Crippen molar-refractivity contribution in [1.29, 1.82) is 5.26 Å². The van der Waals surface area contributed by atoms with Crippen molar-refractivity contribution in [2.45, 2.75) is 42.5 Å². The summed E-state index contributed by atoms with van der Waals surface area (Å²) in [5, 5.41) is 12.2. The Hall–Kier alpha value is -2.11. The number of hydrogen-bond donors (Lipinski definition) is 1. The van der Waals surface area contributed by atoms with Crippen LogP contribution in [0.1, 0.15) is 32.1 Å². The maximum atomic E-state index is 12.1. The standard InChI is InChI=1S/C17H19ClN2O5S/c18-13-3-5-14(6-4-13)26(23,24)10-7-16(22)25-11-15(21)20-17(12-19)8-1-2-9-17/h3-6H,1-2,7-11H2,(H,20,21). The fourth-order valence-electron chi connectivity index (χ4n) is 2.74. The van der Waals surface area contributed by atoms with E-state index in [1.54, 1.807) is 0 Å². The van der Waals surface area contributed by atoms with E-state index in [0.717, 1.165) is 12.8 Å². The lowest BCUT2D eigenvalue weighted by Gasteiger charge is -2.21. The van der Waals surface area contributed by atoms with Crippen LogP contribution in [0.4, 0.5) is 0 Å². The molecule has 1 amide bonds. The minimum atomic E-state index is -3.65. The normalized spacial score (nSPS) is 15.8. The SMILES string of the molecule is N#CC1(NC(=O)COC(=O)CCS(=O)(=O)c2ccc(Cl)cc2)CCCC1. The number of rotatable bonds is 7. The maximum absolute atomic E-state index is 12.1. The van der Waals surface area contributed by atoms with E-state index in [0.29, 0.717) is 17.9 Å². The highest BCUT2D eigenvalue weighted by Crippen LogP contribution is 2.28. The van der Waals surface area contributed by atoms with E-state index in [1.807, 2.05) is 0 Å². The van der Waals surface area contributed by atoms with Crippen molar-refractivity contribution in [3.05, 3.63) is 29.3 Å². The zero-order valence-corrected chi connectivity index (χ0v) is 15.6. The number of benzene rings is 1.